The van der Waals surface area contributed by atoms with Gasteiger partial charge in [0.05, 0.1) is 35.4 Å². The van der Waals surface area contributed by atoms with Crippen molar-refractivity contribution in [3.8, 4) is 0 Å². The number of amides is 1. The number of aromatic nitrogens is 1. The first-order valence-corrected chi connectivity index (χ1v) is 7.06. The van der Waals surface area contributed by atoms with Crippen molar-refractivity contribution in [1.29, 1.82) is 0 Å². The van der Waals surface area contributed by atoms with Gasteiger partial charge in [-0.1, -0.05) is 34.8 Å². The van der Waals surface area contributed by atoms with Crippen molar-refractivity contribution in [2.24, 2.45) is 0 Å². The molecule has 1 aliphatic rings. The van der Waals surface area contributed by atoms with E-state index in [-0.39, 0.29) is 33.9 Å². The first-order chi connectivity index (χ1) is 9.97. The van der Waals surface area contributed by atoms with Crippen LogP contribution < -0.4 is 0 Å². The smallest absolute Gasteiger partial charge is 0.331 e. The molecule has 9 heteroatoms. The van der Waals surface area contributed by atoms with Crippen LogP contribution in [0.15, 0.2) is 6.20 Å². The summed E-state index contributed by atoms with van der Waals surface area (Å²) in [6.07, 6.45) is 1.23. The summed E-state index contributed by atoms with van der Waals surface area (Å²) in [6.45, 7) is 0.576. The Balaban J connectivity index is 2.33. The third kappa shape index (κ3) is 3.23. The first-order valence-electron chi connectivity index (χ1n) is 5.93. The normalized spacial score (nSPS) is 18.5. The van der Waals surface area contributed by atoms with Gasteiger partial charge in [0.15, 0.2) is 6.04 Å². The van der Waals surface area contributed by atoms with E-state index in [0.29, 0.717) is 6.61 Å². The minimum absolute atomic E-state index is 0.0413. The number of carbonyl (C=O) groups is 2. The van der Waals surface area contributed by atoms with Crippen LogP contribution >= 0.6 is 34.8 Å². The van der Waals surface area contributed by atoms with E-state index in [2.05, 4.69) is 9.72 Å². The Morgan fingerprint density at radius 3 is 2.76 bits per heavy atom. The zero-order chi connectivity index (χ0) is 15.6. The molecule has 1 aliphatic heterocycles. The molecule has 2 heterocycles. The van der Waals surface area contributed by atoms with E-state index in [0.717, 1.165) is 0 Å². The van der Waals surface area contributed by atoms with Crippen LogP contribution in [-0.2, 0) is 14.3 Å². The molecule has 0 spiro atoms. The molecule has 1 saturated heterocycles. The number of ether oxygens (including phenoxy) is 2. The Kier molecular flexibility index (Phi) is 5.27. The highest BCUT2D eigenvalue weighted by atomic mass is 35.5. The quantitative estimate of drug-likeness (QED) is 0.761. The van der Waals surface area contributed by atoms with Crippen LogP contribution in [-0.4, -0.2) is 54.7 Å². The molecular formula is C12H11Cl3N2O4. The molecule has 0 aliphatic carbocycles. The lowest BCUT2D eigenvalue weighted by atomic mass is 10.2. The highest BCUT2D eigenvalue weighted by Gasteiger charge is 2.35. The fourth-order valence-corrected chi connectivity index (χ4v) is 2.47. The third-order valence-corrected chi connectivity index (χ3v) is 4.22. The van der Waals surface area contributed by atoms with Crippen molar-refractivity contribution < 1.29 is 19.1 Å². The largest absolute Gasteiger partial charge is 0.467 e. The minimum Gasteiger partial charge on any atom is -0.467 e. The number of hydrogen-bond acceptors (Lipinski definition) is 5. The summed E-state index contributed by atoms with van der Waals surface area (Å²) >= 11 is 17.7. The molecule has 1 aromatic rings. The van der Waals surface area contributed by atoms with Crippen LogP contribution in [0.4, 0.5) is 0 Å². The summed E-state index contributed by atoms with van der Waals surface area (Å²) in [5, 5.41) is 0.133. The summed E-state index contributed by atoms with van der Waals surface area (Å²) in [7, 11) is 1.24. The lowest BCUT2D eigenvalue weighted by Gasteiger charge is -2.33. The van der Waals surface area contributed by atoms with Crippen molar-refractivity contribution >= 4 is 46.7 Å². The highest BCUT2D eigenvalue weighted by molar-refractivity contribution is 6.48. The van der Waals surface area contributed by atoms with Crippen LogP contribution in [0.5, 0.6) is 0 Å². The van der Waals surface area contributed by atoms with Crippen LogP contribution in [0.1, 0.15) is 10.5 Å². The lowest BCUT2D eigenvalue weighted by Crippen LogP contribution is -2.53. The highest BCUT2D eigenvalue weighted by Crippen LogP contribution is 2.32. The van der Waals surface area contributed by atoms with Gasteiger partial charge in [0, 0.05) is 12.7 Å². The number of halogens is 3. The number of esters is 1. The fourth-order valence-electron chi connectivity index (χ4n) is 1.91. The molecule has 1 amide bonds. The zero-order valence-corrected chi connectivity index (χ0v) is 13.2. The van der Waals surface area contributed by atoms with E-state index in [1.807, 2.05) is 0 Å². The van der Waals surface area contributed by atoms with Gasteiger partial charge in [-0.3, -0.25) is 4.79 Å². The minimum atomic E-state index is -0.844. The SMILES string of the molecule is COC(=O)C1COCCN1C(=O)c1ncc(Cl)c(Cl)c1Cl. The molecule has 6 nitrogen and oxygen atoms in total. The van der Waals surface area contributed by atoms with Gasteiger partial charge in [-0.05, 0) is 0 Å². The van der Waals surface area contributed by atoms with Crippen molar-refractivity contribution in [3.63, 3.8) is 0 Å². The molecule has 1 fully saturated rings. The van der Waals surface area contributed by atoms with Gasteiger partial charge in [-0.25, -0.2) is 9.78 Å². The summed E-state index contributed by atoms with van der Waals surface area (Å²) in [6, 6.07) is -0.844. The summed E-state index contributed by atoms with van der Waals surface area (Å²) in [5.74, 6) is -1.10. The number of carbonyl (C=O) groups excluding carboxylic acids is 2. The molecule has 0 radical (unpaired) electrons. The molecule has 0 saturated carbocycles. The standard InChI is InChI=1S/C12H11Cl3N2O4/c1-20-12(19)7-5-21-3-2-17(7)11(18)10-9(15)8(14)6(13)4-16-10/h4,7H,2-3,5H2,1H3. The monoisotopic (exact) mass is 352 g/mol. The molecule has 1 aromatic heterocycles. The van der Waals surface area contributed by atoms with Crippen molar-refractivity contribution in [2.45, 2.75) is 6.04 Å². The second-order valence-corrected chi connectivity index (χ2v) is 5.36. The van der Waals surface area contributed by atoms with Gasteiger partial charge in [0.25, 0.3) is 5.91 Å². The molecule has 2 rings (SSSR count). The van der Waals surface area contributed by atoms with Crippen LogP contribution in [0.3, 0.4) is 0 Å². The van der Waals surface area contributed by atoms with E-state index in [1.165, 1.54) is 18.2 Å². The average Bonchev–Trinajstić information content (AvgIpc) is 2.51. The number of hydrogen-bond donors (Lipinski definition) is 0. The molecular weight excluding hydrogens is 343 g/mol. The van der Waals surface area contributed by atoms with Crippen molar-refractivity contribution in [1.82, 2.24) is 9.88 Å². The third-order valence-electron chi connectivity index (χ3n) is 2.98. The van der Waals surface area contributed by atoms with E-state index >= 15 is 0 Å². The van der Waals surface area contributed by atoms with Gasteiger partial charge in [0.2, 0.25) is 0 Å². The topological polar surface area (TPSA) is 68.7 Å². The van der Waals surface area contributed by atoms with Crippen LogP contribution in [0.25, 0.3) is 0 Å². The van der Waals surface area contributed by atoms with Crippen molar-refractivity contribution in [3.05, 3.63) is 27.0 Å². The Bertz CT molecular complexity index is 582. The molecule has 1 atom stereocenters. The van der Waals surface area contributed by atoms with E-state index < -0.39 is 17.9 Å². The second-order valence-electron chi connectivity index (χ2n) is 4.20. The van der Waals surface area contributed by atoms with Gasteiger partial charge in [-0.15, -0.1) is 0 Å². The molecule has 21 heavy (non-hydrogen) atoms. The van der Waals surface area contributed by atoms with E-state index in [1.54, 1.807) is 0 Å². The van der Waals surface area contributed by atoms with Gasteiger partial charge < -0.3 is 14.4 Å². The predicted molar refractivity (Wildman–Crippen MR) is 76.9 cm³/mol. The maximum Gasteiger partial charge on any atom is 0.331 e. The number of pyridine rings is 1. The van der Waals surface area contributed by atoms with E-state index in [9.17, 15) is 9.59 Å². The first kappa shape index (κ1) is 16.3. The Labute approximate surface area is 135 Å². The molecule has 0 aromatic carbocycles. The Morgan fingerprint density at radius 2 is 2.10 bits per heavy atom. The molecule has 0 bridgehead atoms. The number of rotatable bonds is 2. The Hall–Kier alpha value is -1.08. The fraction of sp³-hybridized carbons (Fsp3) is 0.417. The average molecular weight is 354 g/mol. The van der Waals surface area contributed by atoms with Crippen LogP contribution in [0, 0.1) is 0 Å². The van der Waals surface area contributed by atoms with Crippen molar-refractivity contribution in [2.75, 3.05) is 26.9 Å². The van der Waals surface area contributed by atoms with Gasteiger partial charge >= 0.3 is 5.97 Å². The Morgan fingerprint density at radius 1 is 1.38 bits per heavy atom. The van der Waals surface area contributed by atoms with Gasteiger partial charge in [-0.2, -0.15) is 0 Å². The summed E-state index contributed by atoms with van der Waals surface area (Å²) in [4.78, 5) is 29.5. The maximum atomic E-state index is 12.5. The van der Waals surface area contributed by atoms with E-state index in [4.69, 9.17) is 39.5 Å². The molecule has 0 N–H and O–H groups in total. The van der Waals surface area contributed by atoms with Crippen LogP contribution in [0.2, 0.25) is 15.1 Å². The predicted octanol–water partition coefficient (Wildman–Crippen LogP) is 2.06. The summed E-state index contributed by atoms with van der Waals surface area (Å²) < 4.78 is 9.86. The zero-order valence-electron chi connectivity index (χ0n) is 10.9. The number of methoxy groups -OCH3 is 1. The number of morpholine rings is 1. The summed E-state index contributed by atoms with van der Waals surface area (Å²) in [5.41, 5.74) is -0.0677. The lowest BCUT2D eigenvalue weighted by molar-refractivity contribution is -0.151. The molecule has 1 unspecified atom stereocenters. The second kappa shape index (κ2) is 6.79. The maximum absolute atomic E-state index is 12.5. The van der Waals surface area contributed by atoms with Gasteiger partial charge in [0.1, 0.15) is 5.69 Å². The number of nitrogens with zero attached hydrogens (tertiary/aromatic N) is 2. The molecule has 114 valence electrons.